The highest BCUT2D eigenvalue weighted by molar-refractivity contribution is 5.41. The molecule has 4 nitrogen and oxygen atoms in total. The van der Waals surface area contributed by atoms with Gasteiger partial charge in [0.2, 0.25) is 5.95 Å². The van der Waals surface area contributed by atoms with Gasteiger partial charge in [-0.2, -0.15) is 4.98 Å². The van der Waals surface area contributed by atoms with Crippen molar-refractivity contribution in [3.05, 3.63) is 12.0 Å². The van der Waals surface area contributed by atoms with Crippen LogP contribution in [0.5, 0.6) is 0 Å². The Morgan fingerprint density at radius 1 is 1.60 bits per heavy atom. The monoisotopic (exact) mass is 210 g/mol. The molecule has 1 saturated carbocycles. The molecule has 0 aliphatic heterocycles. The molecule has 0 radical (unpaired) electrons. The van der Waals surface area contributed by atoms with Crippen LogP contribution in [0.15, 0.2) is 6.20 Å². The van der Waals surface area contributed by atoms with E-state index in [1.54, 1.807) is 0 Å². The van der Waals surface area contributed by atoms with Gasteiger partial charge >= 0.3 is 0 Å². The number of nitrogens with zero attached hydrogens (tertiary/aromatic N) is 3. The van der Waals surface area contributed by atoms with Gasteiger partial charge in [0.15, 0.2) is 11.6 Å². The zero-order chi connectivity index (χ0) is 10.8. The minimum atomic E-state index is -0.411. The van der Waals surface area contributed by atoms with Crippen molar-refractivity contribution < 1.29 is 4.39 Å². The molecule has 0 unspecified atom stereocenters. The molecule has 0 aromatic carbocycles. The van der Waals surface area contributed by atoms with Crippen molar-refractivity contribution in [3.63, 3.8) is 0 Å². The maximum atomic E-state index is 13.4. The van der Waals surface area contributed by atoms with Crippen LogP contribution in [-0.2, 0) is 0 Å². The van der Waals surface area contributed by atoms with Gasteiger partial charge in [-0.1, -0.05) is 6.42 Å². The minimum Gasteiger partial charge on any atom is -0.368 e. The number of nitrogen functional groups attached to an aromatic ring is 1. The molecule has 0 atom stereocenters. The lowest BCUT2D eigenvalue weighted by Crippen LogP contribution is -2.30. The van der Waals surface area contributed by atoms with Gasteiger partial charge in [-0.15, -0.1) is 0 Å². The van der Waals surface area contributed by atoms with Crippen molar-refractivity contribution in [2.45, 2.75) is 19.3 Å². The molecule has 0 saturated heterocycles. The summed E-state index contributed by atoms with van der Waals surface area (Å²) in [4.78, 5) is 9.32. The van der Waals surface area contributed by atoms with Crippen LogP contribution in [0.25, 0.3) is 0 Å². The van der Waals surface area contributed by atoms with E-state index in [0.717, 1.165) is 12.7 Å². The fraction of sp³-hybridized carbons (Fsp3) is 0.600. The SMILES string of the molecule is CN(CC1CCC1)c1nc(N)ncc1F. The van der Waals surface area contributed by atoms with Gasteiger partial charge in [-0.25, -0.2) is 9.37 Å². The van der Waals surface area contributed by atoms with Crippen LogP contribution < -0.4 is 10.6 Å². The van der Waals surface area contributed by atoms with Crippen molar-refractivity contribution >= 4 is 11.8 Å². The Balaban J connectivity index is 2.09. The lowest BCUT2D eigenvalue weighted by atomic mass is 9.85. The molecule has 82 valence electrons. The number of anilines is 2. The number of hydrogen-bond donors (Lipinski definition) is 1. The van der Waals surface area contributed by atoms with E-state index in [9.17, 15) is 4.39 Å². The number of rotatable bonds is 3. The van der Waals surface area contributed by atoms with E-state index < -0.39 is 5.82 Å². The first-order valence-electron chi connectivity index (χ1n) is 5.16. The van der Waals surface area contributed by atoms with Gasteiger partial charge in [0.25, 0.3) is 0 Å². The summed E-state index contributed by atoms with van der Waals surface area (Å²) in [6.07, 6.45) is 4.86. The third-order valence-electron chi connectivity index (χ3n) is 2.86. The van der Waals surface area contributed by atoms with Gasteiger partial charge in [0.1, 0.15) is 0 Å². The molecule has 2 N–H and O–H groups in total. The minimum absolute atomic E-state index is 0.117. The van der Waals surface area contributed by atoms with Crippen LogP contribution in [0.1, 0.15) is 19.3 Å². The standard InChI is InChI=1S/C10H15FN4/c1-15(6-7-3-2-4-7)9-8(11)5-13-10(12)14-9/h5,7H,2-4,6H2,1H3,(H2,12,13,14). The van der Waals surface area contributed by atoms with Crippen LogP contribution in [0, 0.1) is 11.7 Å². The van der Waals surface area contributed by atoms with E-state index >= 15 is 0 Å². The second-order valence-electron chi connectivity index (χ2n) is 4.08. The molecular formula is C10H15FN4. The summed E-state index contributed by atoms with van der Waals surface area (Å²) < 4.78 is 13.4. The van der Waals surface area contributed by atoms with E-state index in [1.807, 2.05) is 11.9 Å². The van der Waals surface area contributed by atoms with Crippen LogP contribution in [0.3, 0.4) is 0 Å². The highest BCUT2D eigenvalue weighted by Crippen LogP contribution is 2.28. The second-order valence-corrected chi connectivity index (χ2v) is 4.08. The highest BCUT2D eigenvalue weighted by Gasteiger charge is 2.21. The third kappa shape index (κ3) is 2.16. The van der Waals surface area contributed by atoms with Gasteiger partial charge in [-0.05, 0) is 18.8 Å². The maximum absolute atomic E-state index is 13.4. The van der Waals surface area contributed by atoms with Crippen molar-refractivity contribution in [1.29, 1.82) is 0 Å². The molecule has 0 spiro atoms. The largest absolute Gasteiger partial charge is 0.368 e. The van der Waals surface area contributed by atoms with Crippen molar-refractivity contribution in [3.8, 4) is 0 Å². The lowest BCUT2D eigenvalue weighted by Gasteiger charge is -2.30. The number of aromatic nitrogens is 2. The van der Waals surface area contributed by atoms with Gasteiger partial charge in [0.05, 0.1) is 6.20 Å². The van der Waals surface area contributed by atoms with Gasteiger partial charge < -0.3 is 10.6 Å². The summed E-state index contributed by atoms with van der Waals surface area (Å²) in [7, 11) is 1.84. The van der Waals surface area contributed by atoms with Crippen LogP contribution in [0.4, 0.5) is 16.2 Å². The molecule has 1 aromatic heterocycles. The summed E-state index contributed by atoms with van der Waals surface area (Å²) in [5.74, 6) is 0.679. The van der Waals surface area contributed by atoms with E-state index in [2.05, 4.69) is 9.97 Å². The quantitative estimate of drug-likeness (QED) is 0.820. The van der Waals surface area contributed by atoms with Crippen molar-refractivity contribution in [2.75, 3.05) is 24.2 Å². The first kappa shape index (κ1) is 10.1. The van der Waals surface area contributed by atoms with Crippen LogP contribution >= 0.6 is 0 Å². The lowest BCUT2D eigenvalue weighted by molar-refractivity contribution is 0.320. The summed E-state index contributed by atoms with van der Waals surface area (Å²) >= 11 is 0. The fourth-order valence-corrected chi connectivity index (χ4v) is 1.79. The van der Waals surface area contributed by atoms with E-state index in [0.29, 0.717) is 11.7 Å². The van der Waals surface area contributed by atoms with Crippen LogP contribution in [-0.4, -0.2) is 23.6 Å². The smallest absolute Gasteiger partial charge is 0.222 e. The first-order valence-corrected chi connectivity index (χ1v) is 5.16. The maximum Gasteiger partial charge on any atom is 0.222 e. The molecule has 2 rings (SSSR count). The summed E-state index contributed by atoms with van der Waals surface area (Å²) in [5, 5.41) is 0. The average Bonchev–Trinajstić information content (AvgIpc) is 2.15. The Morgan fingerprint density at radius 3 is 2.93 bits per heavy atom. The third-order valence-corrected chi connectivity index (χ3v) is 2.86. The highest BCUT2D eigenvalue weighted by atomic mass is 19.1. The fourth-order valence-electron chi connectivity index (χ4n) is 1.79. The molecule has 0 bridgehead atoms. The predicted molar refractivity (Wildman–Crippen MR) is 57.0 cm³/mol. The zero-order valence-electron chi connectivity index (χ0n) is 8.78. The van der Waals surface area contributed by atoms with Crippen LogP contribution in [0.2, 0.25) is 0 Å². The predicted octanol–water partition coefficient (Wildman–Crippen LogP) is 1.43. The zero-order valence-corrected chi connectivity index (χ0v) is 8.78. The second kappa shape index (κ2) is 4.00. The summed E-state index contributed by atoms with van der Waals surface area (Å²) in [6.45, 7) is 0.841. The number of hydrogen-bond acceptors (Lipinski definition) is 4. The Kier molecular flexibility index (Phi) is 2.70. The Morgan fingerprint density at radius 2 is 2.33 bits per heavy atom. The molecule has 0 amide bonds. The van der Waals surface area contributed by atoms with Gasteiger partial charge in [-0.3, -0.25) is 0 Å². The molecule has 1 aromatic rings. The molecule has 5 heteroatoms. The van der Waals surface area contributed by atoms with Gasteiger partial charge in [0, 0.05) is 13.6 Å². The summed E-state index contributed by atoms with van der Waals surface area (Å²) in [6, 6.07) is 0. The first-order chi connectivity index (χ1) is 7.16. The molecule has 1 aliphatic carbocycles. The number of halogens is 1. The molecular weight excluding hydrogens is 195 g/mol. The van der Waals surface area contributed by atoms with E-state index in [4.69, 9.17) is 5.73 Å². The number of nitrogens with two attached hydrogens (primary N) is 1. The topological polar surface area (TPSA) is 55.0 Å². The molecule has 1 heterocycles. The Bertz CT molecular complexity index is 351. The van der Waals surface area contributed by atoms with Crippen molar-refractivity contribution in [1.82, 2.24) is 9.97 Å². The van der Waals surface area contributed by atoms with Crippen molar-refractivity contribution in [2.24, 2.45) is 5.92 Å². The molecule has 15 heavy (non-hydrogen) atoms. The van der Waals surface area contributed by atoms with E-state index in [-0.39, 0.29) is 5.95 Å². The molecule has 1 fully saturated rings. The average molecular weight is 210 g/mol. The Labute approximate surface area is 88.3 Å². The normalized spacial score (nSPS) is 16.1. The molecule has 1 aliphatic rings. The Hall–Kier alpha value is -1.39. The van der Waals surface area contributed by atoms with E-state index in [1.165, 1.54) is 19.3 Å². The summed E-state index contributed by atoms with van der Waals surface area (Å²) in [5.41, 5.74) is 5.43.